The van der Waals surface area contributed by atoms with Gasteiger partial charge < -0.3 is 15.3 Å². The van der Waals surface area contributed by atoms with Crippen molar-refractivity contribution in [1.29, 1.82) is 0 Å². The fourth-order valence-electron chi connectivity index (χ4n) is 2.93. The summed E-state index contributed by atoms with van der Waals surface area (Å²) in [5, 5.41) is 17.3. The van der Waals surface area contributed by atoms with Crippen LogP contribution < -0.4 is 15.8 Å². The smallest absolute Gasteiger partial charge is 0.287 e. The van der Waals surface area contributed by atoms with Crippen molar-refractivity contribution in [3.8, 4) is 5.75 Å². The van der Waals surface area contributed by atoms with Crippen LogP contribution in [0.1, 0.15) is 0 Å². The number of rotatable bonds is 5. The molecule has 0 atom stereocenters. The quantitative estimate of drug-likeness (QED) is 0.836. The maximum Gasteiger partial charge on any atom is 0.287 e. The van der Waals surface area contributed by atoms with Crippen LogP contribution in [0.3, 0.4) is 0 Å². The van der Waals surface area contributed by atoms with Crippen molar-refractivity contribution in [3.05, 3.63) is 45.8 Å². The molecule has 2 aromatic rings. The number of hydrogen-bond donors (Lipinski definition) is 2. The van der Waals surface area contributed by atoms with E-state index < -0.39 is 0 Å². The molecule has 0 radical (unpaired) electrons. The van der Waals surface area contributed by atoms with Crippen LogP contribution in [0.2, 0.25) is 5.02 Å². The maximum absolute atomic E-state index is 11.7. The summed E-state index contributed by atoms with van der Waals surface area (Å²) in [6, 6.07) is 7.43. The molecular weight excluding hydrogens is 342 g/mol. The Morgan fingerprint density at radius 2 is 1.96 bits per heavy atom. The number of nitrogens with zero attached hydrogens (tertiary/aromatic N) is 4. The lowest BCUT2D eigenvalue weighted by molar-refractivity contribution is 0.266. The van der Waals surface area contributed by atoms with Gasteiger partial charge in [0, 0.05) is 46.3 Å². The molecule has 7 nitrogen and oxygen atoms in total. The van der Waals surface area contributed by atoms with Crippen molar-refractivity contribution in [2.45, 2.75) is 0 Å². The number of aromatic nitrogens is 2. The zero-order valence-corrected chi connectivity index (χ0v) is 14.9. The number of aromatic hydroxyl groups is 1. The fourth-order valence-corrected chi connectivity index (χ4v) is 3.16. The summed E-state index contributed by atoms with van der Waals surface area (Å²) in [6.07, 6.45) is 1.57. The molecule has 8 heteroatoms. The van der Waals surface area contributed by atoms with Gasteiger partial charge in [0.25, 0.3) is 5.56 Å². The van der Waals surface area contributed by atoms with E-state index in [0.29, 0.717) is 18.0 Å². The Labute approximate surface area is 151 Å². The first-order valence-electron chi connectivity index (χ1n) is 8.27. The van der Waals surface area contributed by atoms with Crippen LogP contribution in [-0.2, 0) is 7.05 Å². The molecule has 0 unspecified atom stereocenters. The van der Waals surface area contributed by atoms with Crippen LogP contribution in [0.4, 0.5) is 11.4 Å². The van der Waals surface area contributed by atoms with Gasteiger partial charge in [0.2, 0.25) is 0 Å². The van der Waals surface area contributed by atoms with E-state index in [1.165, 1.54) is 4.68 Å². The average molecular weight is 364 g/mol. The monoisotopic (exact) mass is 363 g/mol. The maximum atomic E-state index is 11.7. The Morgan fingerprint density at radius 1 is 1.24 bits per heavy atom. The summed E-state index contributed by atoms with van der Waals surface area (Å²) < 4.78 is 1.21. The Morgan fingerprint density at radius 3 is 2.68 bits per heavy atom. The summed E-state index contributed by atoms with van der Waals surface area (Å²) >= 11 is 6.04. The van der Waals surface area contributed by atoms with Gasteiger partial charge in [-0.05, 0) is 12.1 Å². The highest BCUT2D eigenvalue weighted by Crippen LogP contribution is 2.27. The van der Waals surface area contributed by atoms with Gasteiger partial charge in [-0.1, -0.05) is 23.7 Å². The lowest BCUT2D eigenvalue weighted by Gasteiger charge is -2.36. The Bertz CT molecular complexity index is 787. The zero-order valence-electron chi connectivity index (χ0n) is 14.2. The number of benzene rings is 1. The Kier molecular flexibility index (Phi) is 5.45. The number of nitrogens with one attached hydrogen (secondary N) is 1. The standard InChI is InChI=1S/C17H22ClN5O2/c1-21-17(25)16(18)13(12-20-21)19-6-7-22-8-10-23(11-9-22)14-4-2-3-5-15(14)24/h2-5,12,19,24H,6-11H2,1H3. The van der Waals surface area contributed by atoms with Crippen molar-refractivity contribution in [3.63, 3.8) is 0 Å². The highest BCUT2D eigenvalue weighted by atomic mass is 35.5. The molecule has 0 spiro atoms. The molecule has 1 aromatic heterocycles. The number of anilines is 2. The third-order valence-electron chi connectivity index (χ3n) is 4.42. The van der Waals surface area contributed by atoms with Gasteiger partial charge in [-0.25, -0.2) is 4.68 Å². The highest BCUT2D eigenvalue weighted by molar-refractivity contribution is 6.32. The van der Waals surface area contributed by atoms with Gasteiger partial charge in [0.05, 0.1) is 17.6 Å². The van der Waals surface area contributed by atoms with Gasteiger partial charge in [0.15, 0.2) is 0 Å². The lowest BCUT2D eigenvalue weighted by Crippen LogP contribution is -2.47. The molecule has 0 amide bonds. The second-order valence-electron chi connectivity index (χ2n) is 6.05. The predicted octanol–water partition coefficient (Wildman–Crippen LogP) is 1.37. The van der Waals surface area contributed by atoms with Crippen molar-refractivity contribution >= 4 is 23.0 Å². The van der Waals surface area contributed by atoms with E-state index >= 15 is 0 Å². The first-order chi connectivity index (χ1) is 12.1. The normalized spacial score (nSPS) is 15.4. The van der Waals surface area contributed by atoms with E-state index in [4.69, 9.17) is 11.6 Å². The molecule has 1 aliphatic heterocycles. The van der Waals surface area contributed by atoms with Crippen molar-refractivity contribution < 1.29 is 5.11 Å². The molecule has 0 aliphatic carbocycles. The van der Waals surface area contributed by atoms with E-state index in [2.05, 4.69) is 20.2 Å². The average Bonchev–Trinajstić information content (AvgIpc) is 2.63. The van der Waals surface area contributed by atoms with Crippen LogP contribution >= 0.6 is 11.6 Å². The van der Waals surface area contributed by atoms with Crippen LogP contribution in [0.15, 0.2) is 35.3 Å². The first kappa shape index (κ1) is 17.6. The molecule has 1 aliphatic rings. The Balaban J connectivity index is 1.48. The summed E-state index contributed by atoms with van der Waals surface area (Å²) in [6.45, 7) is 5.10. The number of phenolic OH excluding ortho intramolecular Hbond substituents is 1. The van der Waals surface area contributed by atoms with Crippen LogP contribution in [-0.4, -0.2) is 59.1 Å². The SMILES string of the molecule is Cn1ncc(NCCN2CCN(c3ccccc3O)CC2)c(Cl)c1=O. The molecule has 2 heterocycles. The Hall–Kier alpha value is -2.25. The van der Waals surface area contributed by atoms with Gasteiger partial charge in [-0.15, -0.1) is 0 Å². The number of piperazine rings is 1. The number of halogens is 1. The van der Waals surface area contributed by atoms with E-state index in [0.717, 1.165) is 38.4 Å². The molecule has 1 saturated heterocycles. The zero-order chi connectivity index (χ0) is 17.8. The molecule has 0 bridgehead atoms. The van der Waals surface area contributed by atoms with E-state index in [9.17, 15) is 9.90 Å². The number of hydrogen-bond acceptors (Lipinski definition) is 6. The second kappa shape index (κ2) is 7.76. The molecule has 0 saturated carbocycles. The van der Waals surface area contributed by atoms with Crippen LogP contribution in [0.25, 0.3) is 0 Å². The fraction of sp³-hybridized carbons (Fsp3) is 0.412. The minimum Gasteiger partial charge on any atom is -0.506 e. The molecular formula is C17H22ClN5O2. The van der Waals surface area contributed by atoms with Gasteiger partial charge in [-0.3, -0.25) is 9.69 Å². The van der Waals surface area contributed by atoms with Crippen molar-refractivity contribution in [1.82, 2.24) is 14.7 Å². The van der Waals surface area contributed by atoms with E-state index in [1.54, 1.807) is 19.3 Å². The first-order valence-corrected chi connectivity index (χ1v) is 8.65. The second-order valence-corrected chi connectivity index (χ2v) is 6.42. The highest BCUT2D eigenvalue weighted by Gasteiger charge is 2.18. The molecule has 1 aromatic carbocycles. The molecule has 2 N–H and O–H groups in total. The minimum absolute atomic E-state index is 0.168. The van der Waals surface area contributed by atoms with Crippen LogP contribution in [0.5, 0.6) is 5.75 Å². The molecule has 3 rings (SSSR count). The van der Waals surface area contributed by atoms with E-state index in [-0.39, 0.29) is 10.6 Å². The van der Waals surface area contributed by atoms with Gasteiger partial charge in [0.1, 0.15) is 10.8 Å². The van der Waals surface area contributed by atoms with E-state index in [1.807, 2.05) is 18.2 Å². The third-order valence-corrected chi connectivity index (χ3v) is 4.78. The summed E-state index contributed by atoms with van der Waals surface area (Å²) in [7, 11) is 1.57. The third kappa shape index (κ3) is 4.05. The lowest BCUT2D eigenvalue weighted by atomic mass is 10.2. The largest absolute Gasteiger partial charge is 0.506 e. The van der Waals surface area contributed by atoms with Crippen LogP contribution in [0, 0.1) is 0 Å². The minimum atomic E-state index is -0.303. The van der Waals surface area contributed by atoms with Crippen molar-refractivity contribution in [2.75, 3.05) is 49.5 Å². The van der Waals surface area contributed by atoms with Gasteiger partial charge >= 0.3 is 0 Å². The summed E-state index contributed by atoms with van der Waals surface area (Å²) in [4.78, 5) is 16.3. The number of para-hydroxylation sites is 2. The number of phenols is 1. The summed E-state index contributed by atoms with van der Waals surface area (Å²) in [5.41, 5.74) is 1.15. The number of aryl methyl sites for hydroxylation is 1. The molecule has 1 fully saturated rings. The topological polar surface area (TPSA) is 73.6 Å². The summed E-state index contributed by atoms with van der Waals surface area (Å²) in [5.74, 6) is 0.324. The molecule has 134 valence electrons. The predicted molar refractivity (Wildman–Crippen MR) is 99.7 cm³/mol. The molecule has 25 heavy (non-hydrogen) atoms. The van der Waals surface area contributed by atoms with Crippen molar-refractivity contribution in [2.24, 2.45) is 7.05 Å². The van der Waals surface area contributed by atoms with Gasteiger partial charge in [-0.2, -0.15) is 5.10 Å².